The third kappa shape index (κ3) is 3.99. The molecule has 2 aliphatic heterocycles. The lowest BCUT2D eigenvalue weighted by Crippen LogP contribution is -2.53. The number of carbonyl (C=O) groups is 1. The Morgan fingerprint density at radius 1 is 1.29 bits per heavy atom. The summed E-state index contributed by atoms with van der Waals surface area (Å²) in [6, 6.07) is 6.19. The molecule has 2 aliphatic rings. The third-order valence-electron chi connectivity index (χ3n) is 4.76. The van der Waals surface area contributed by atoms with E-state index in [9.17, 15) is 4.79 Å². The molecule has 2 atom stereocenters. The van der Waals surface area contributed by atoms with Crippen molar-refractivity contribution in [1.82, 2.24) is 15.1 Å². The number of nitrogens with one attached hydrogen (secondary N) is 1. The largest absolute Gasteiger partial charge is 0.486 e. The number of hydrogen-bond acceptors (Lipinski definition) is 5. The highest BCUT2D eigenvalue weighted by atomic mass is 16.6. The second-order valence-corrected chi connectivity index (χ2v) is 6.77. The minimum absolute atomic E-state index is 0.0592. The van der Waals surface area contributed by atoms with Crippen LogP contribution in [0.3, 0.4) is 0 Å². The molecular formula is C18H27N3O3. The topological polar surface area (TPSA) is 54.0 Å². The van der Waals surface area contributed by atoms with Gasteiger partial charge in [-0.1, -0.05) is 6.07 Å². The number of nitrogens with zero attached hydrogens (tertiary/aromatic N) is 2. The van der Waals surface area contributed by atoms with Gasteiger partial charge in [-0.05, 0) is 38.6 Å². The molecule has 1 aromatic carbocycles. The van der Waals surface area contributed by atoms with E-state index >= 15 is 0 Å². The molecule has 0 unspecified atom stereocenters. The molecule has 1 N–H and O–H groups in total. The molecule has 3 rings (SSSR count). The molecule has 2 heterocycles. The van der Waals surface area contributed by atoms with Crippen molar-refractivity contribution < 1.29 is 14.3 Å². The highest BCUT2D eigenvalue weighted by Gasteiger charge is 2.24. The number of ether oxygens (including phenoxy) is 2. The van der Waals surface area contributed by atoms with Crippen molar-refractivity contribution in [2.24, 2.45) is 0 Å². The van der Waals surface area contributed by atoms with Crippen LogP contribution in [0.4, 0.5) is 0 Å². The van der Waals surface area contributed by atoms with E-state index in [2.05, 4.69) is 29.1 Å². The SMILES string of the molecule is C[C@@H]1CN(C)CCN1CC(=O)N[C@H](C)c1ccc2c(c1)OCCO2. The van der Waals surface area contributed by atoms with Gasteiger partial charge in [0.25, 0.3) is 0 Å². The minimum atomic E-state index is -0.0592. The van der Waals surface area contributed by atoms with Gasteiger partial charge in [-0.3, -0.25) is 9.69 Å². The molecule has 1 fully saturated rings. The van der Waals surface area contributed by atoms with Gasteiger partial charge in [-0.15, -0.1) is 0 Å². The standard InChI is InChI=1S/C18H27N3O3/c1-13-11-20(3)6-7-21(13)12-18(22)19-14(2)15-4-5-16-17(10-15)24-9-8-23-16/h4-5,10,13-14H,6-9,11-12H2,1-3H3,(H,19,22)/t13-,14-/m1/s1. The highest BCUT2D eigenvalue weighted by Crippen LogP contribution is 2.32. The van der Waals surface area contributed by atoms with Crippen molar-refractivity contribution in [2.45, 2.75) is 25.9 Å². The van der Waals surface area contributed by atoms with Crippen LogP contribution in [0.15, 0.2) is 18.2 Å². The Kier molecular flexibility index (Phi) is 5.26. The summed E-state index contributed by atoms with van der Waals surface area (Å²) in [6.07, 6.45) is 0. The fraction of sp³-hybridized carbons (Fsp3) is 0.611. The molecule has 0 spiro atoms. The van der Waals surface area contributed by atoms with Gasteiger partial charge < -0.3 is 19.7 Å². The van der Waals surface area contributed by atoms with Gasteiger partial charge in [0.05, 0.1) is 12.6 Å². The van der Waals surface area contributed by atoms with Crippen molar-refractivity contribution in [1.29, 1.82) is 0 Å². The zero-order valence-electron chi connectivity index (χ0n) is 14.7. The van der Waals surface area contributed by atoms with E-state index in [-0.39, 0.29) is 11.9 Å². The average Bonchev–Trinajstić information content (AvgIpc) is 2.57. The lowest BCUT2D eigenvalue weighted by atomic mass is 10.1. The number of carbonyl (C=O) groups excluding carboxylic acids is 1. The van der Waals surface area contributed by atoms with Crippen molar-refractivity contribution in [3.63, 3.8) is 0 Å². The molecule has 6 nitrogen and oxygen atoms in total. The predicted molar refractivity (Wildman–Crippen MR) is 92.5 cm³/mol. The Labute approximate surface area is 143 Å². The molecule has 132 valence electrons. The maximum Gasteiger partial charge on any atom is 0.234 e. The molecule has 24 heavy (non-hydrogen) atoms. The monoisotopic (exact) mass is 333 g/mol. The summed E-state index contributed by atoms with van der Waals surface area (Å²) in [5.41, 5.74) is 1.03. The molecular weight excluding hydrogens is 306 g/mol. The van der Waals surface area contributed by atoms with Gasteiger partial charge >= 0.3 is 0 Å². The van der Waals surface area contributed by atoms with Gasteiger partial charge in [-0.2, -0.15) is 0 Å². The van der Waals surface area contributed by atoms with Gasteiger partial charge in [0, 0.05) is 25.7 Å². The van der Waals surface area contributed by atoms with Crippen molar-refractivity contribution in [3.8, 4) is 11.5 Å². The quantitative estimate of drug-likeness (QED) is 0.899. The van der Waals surface area contributed by atoms with Crippen LogP contribution in [-0.2, 0) is 4.79 Å². The summed E-state index contributed by atoms with van der Waals surface area (Å²) in [5.74, 6) is 1.59. The summed E-state index contributed by atoms with van der Waals surface area (Å²) in [5, 5.41) is 3.09. The first-order chi connectivity index (χ1) is 11.5. The number of amides is 1. The molecule has 1 aromatic rings. The molecule has 0 saturated carbocycles. The van der Waals surface area contributed by atoms with Crippen molar-refractivity contribution in [3.05, 3.63) is 23.8 Å². The summed E-state index contributed by atoms with van der Waals surface area (Å²) in [4.78, 5) is 16.9. The van der Waals surface area contributed by atoms with E-state index in [1.54, 1.807) is 0 Å². The number of fused-ring (bicyclic) bond motifs is 1. The van der Waals surface area contributed by atoms with Crippen LogP contribution in [0.5, 0.6) is 11.5 Å². The second kappa shape index (κ2) is 7.40. The molecule has 0 aromatic heterocycles. The number of hydrogen-bond donors (Lipinski definition) is 1. The molecule has 0 bridgehead atoms. The molecule has 0 aliphatic carbocycles. The summed E-state index contributed by atoms with van der Waals surface area (Å²) in [7, 11) is 2.12. The number of benzene rings is 1. The van der Waals surface area contributed by atoms with E-state index in [1.807, 2.05) is 25.1 Å². The summed E-state index contributed by atoms with van der Waals surface area (Å²) < 4.78 is 11.2. The van der Waals surface area contributed by atoms with Crippen LogP contribution in [0.1, 0.15) is 25.5 Å². The maximum absolute atomic E-state index is 12.4. The zero-order chi connectivity index (χ0) is 17.1. The molecule has 1 saturated heterocycles. The number of likely N-dealkylation sites (N-methyl/N-ethyl adjacent to an activating group) is 1. The first kappa shape index (κ1) is 17.0. The van der Waals surface area contributed by atoms with Crippen molar-refractivity contribution in [2.75, 3.05) is 46.4 Å². The fourth-order valence-electron chi connectivity index (χ4n) is 3.30. The van der Waals surface area contributed by atoms with E-state index in [4.69, 9.17) is 9.47 Å². The normalized spacial score (nSPS) is 22.9. The van der Waals surface area contributed by atoms with Gasteiger partial charge in [0.1, 0.15) is 13.2 Å². The molecule has 1 amide bonds. The van der Waals surface area contributed by atoms with Crippen LogP contribution in [0.2, 0.25) is 0 Å². The lowest BCUT2D eigenvalue weighted by molar-refractivity contribution is -0.124. The zero-order valence-corrected chi connectivity index (χ0v) is 14.7. The predicted octanol–water partition coefficient (Wildman–Crippen LogP) is 1.27. The van der Waals surface area contributed by atoms with Crippen LogP contribution >= 0.6 is 0 Å². The third-order valence-corrected chi connectivity index (χ3v) is 4.76. The summed E-state index contributed by atoms with van der Waals surface area (Å²) in [6.45, 7) is 8.72. The fourth-order valence-corrected chi connectivity index (χ4v) is 3.30. The summed E-state index contributed by atoms with van der Waals surface area (Å²) >= 11 is 0. The lowest BCUT2D eigenvalue weighted by Gasteiger charge is -2.37. The number of piperazine rings is 1. The Morgan fingerprint density at radius 2 is 2.04 bits per heavy atom. The first-order valence-electron chi connectivity index (χ1n) is 8.64. The smallest absolute Gasteiger partial charge is 0.234 e. The van der Waals surface area contributed by atoms with E-state index < -0.39 is 0 Å². The Balaban J connectivity index is 1.56. The maximum atomic E-state index is 12.4. The van der Waals surface area contributed by atoms with Gasteiger partial charge in [0.2, 0.25) is 5.91 Å². The van der Waals surface area contributed by atoms with E-state index in [0.717, 1.165) is 36.7 Å². The molecule has 6 heteroatoms. The molecule has 0 radical (unpaired) electrons. The first-order valence-corrected chi connectivity index (χ1v) is 8.64. The van der Waals surface area contributed by atoms with Crippen LogP contribution in [-0.4, -0.2) is 68.2 Å². The van der Waals surface area contributed by atoms with Crippen molar-refractivity contribution >= 4 is 5.91 Å². The second-order valence-electron chi connectivity index (χ2n) is 6.77. The highest BCUT2D eigenvalue weighted by molar-refractivity contribution is 5.78. The van der Waals surface area contributed by atoms with E-state index in [0.29, 0.717) is 25.8 Å². The Morgan fingerprint density at radius 3 is 2.79 bits per heavy atom. The van der Waals surface area contributed by atoms with Gasteiger partial charge in [0.15, 0.2) is 11.5 Å². The van der Waals surface area contributed by atoms with Gasteiger partial charge in [-0.25, -0.2) is 0 Å². The van der Waals surface area contributed by atoms with Crippen LogP contribution in [0.25, 0.3) is 0 Å². The van der Waals surface area contributed by atoms with Crippen LogP contribution in [0, 0.1) is 0 Å². The Hall–Kier alpha value is -1.79. The number of rotatable bonds is 4. The van der Waals surface area contributed by atoms with E-state index in [1.165, 1.54) is 0 Å². The Bertz CT molecular complexity index is 593. The average molecular weight is 333 g/mol. The minimum Gasteiger partial charge on any atom is -0.486 e. The van der Waals surface area contributed by atoms with Crippen LogP contribution < -0.4 is 14.8 Å².